The van der Waals surface area contributed by atoms with Crippen LogP contribution in [0.3, 0.4) is 0 Å². The summed E-state index contributed by atoms with van der Waals surface area (Å²) in [6, 6.07) is 16.2. The molecule has 0 bridgehead atoms. The minimum Gasteiger partial charge on any atom is -0.349 e. The third-order valence-corrected chi connectivity index (χ3v) is 4.53. The van der Waals surface area contributed by atoms with Gasteiger partial charge in [-0.3, -0.25) is 4.79 Å². The molecule has 0 saturated carbocycles. The van der Waals surface area contributed by atoms with Gasteiger partial charge in [-0.2, -0.15) is 0 Å². The van der Waals surface area contributed by atoms with Gasteiger partial charge < -0.3 is 5.32 Å². The number of thiazole rings is 1. The fraction of sp³-hybridized carbons (Fsp3) is 0.158. The number of rotatable bonds is 6. The van der Waals surface area contributed by atoms with Crippen LogP contribution in [0.2, 0.25) is 0 Å². The van der Waals surface area contributed by atoms with Crippen LogP contribution in [0.25, 0.3) is 0 Å². The lowest BCUT2D eigenvalue weighted by molar-refractivity contribution is -0.120. The third-order valence-electron chi connectivity index (χ3n) is 3.54. The van der Waals surface area contributed by atoms with E-state index in [1.807, 2.05) is 24.4 Å². The fourth-order valence-electron chi connectivity index (χ4n) is 2.33. The van der Waals surface area contributed by atoms with E-state index in [9.17, 15) is 9.18 Å². The Morgan fingerprint density at radius 3 is 2.54 bits per heavy atom. The molecule has 5 heteroatoms. The van der Waals surface area contributed by atoms with Crippen molar-refractivity contribution >= 4 is 17.2 Å². The summed E-state index contributed by atoms with van der Waals surface area (Å²) >= 11 is 1.60. The Hall–Kier alpha value is -2.53. The molecule has 0 atom stereocenters. The lowest BCUT2D eigenvalue weighted by Crippen LogP contribution is -2.24. The molecule has 24 heavy (non-hydrogen) atoms. The predicted octanol–water partition coefficient (Wildman–Crippen LogP) is 3.73. The predicted molar refractivity (Wildman–Crippen MR) is 93.3 cm³/mol. The maximum atomic E-state index is 12.8. The van der Waals surface area contributed by atoms with Gasteiger partial charge >= 0.3 is 0 Å². The normalized spacial score (nSPS) is 10.5. The second kappa shape index (κ2) is 7.84. The second-order valence-electron chi connectivity index (χ2n) is 5.46. The number of hydrogen-bond acceptors (Lipinski definition) is 3. The molecule has 0 aliphatic heterocycles. The van der Waals surface area contributed by atoms with Gasteiger partial charge in [0.05, 0.1) is 13.0 Å². The molecule has 3 nitrogen and oxygen atoms in total. The van der Waals surface area contributed by atoms with Crippen molar-refractivity contribution in [2.24, 2.45) is 0 Å². The van der Waals surface area contributed by atoms with Crippen molar-refractivity contribution in [2.45, 2.75) is 19.4 Å². The van der Waals surface area contributed by atoms with Gasteiger partial charge in [0.2, 0.25) is 5.91 Å². The largest absolute Gasteiger partial charge is 0.349 e. The van der Waals surface area contributed by atoms with Gasteiger partial charge in [-0.05, 0) is 23.3 Å². The molecule has 0 saturated heterocycles. The molecule has 3 aromatic rings. The zero-order chi connectivity index (χ0) is 16.8. The number of hydrogen-bond donors (Lipinski definition) is 1. The second-order valence-corrected chi connectivity index (χ2v) is 6.66. The van der Waals surface area contributed by atoms with Gasteiger partial charge in [0.15, 0.2) is 0 Å². The van der Waals surface area contributed by atoms with E-state index >= 15 is 0 Å². The highest BCUT2D eigenvalue weighted by Crippen LogP contribution is 2.17. The molecule has 1 aromatic heterocycles. The van der Waals surface area contributed by atoms with Crippen molar-refractivity contribution in [3.8, 4) is 0 Å². The Kier molecular flexibility index (Phi) is 5.33. The zero-order valence-electron chi connectivity index (χ0n) is 13.0. The molecular formula is C19H17FN2OS. The van der Waals surface area contributed by atoms with E-state index in [0.717, 1.165) is 17.0 Å². The number of aromatic nitrogens is 1. The average molecular weight is 340 g/mol. The van der Waals surface area contributed by atoms with Crippen molar-refractivity contribution in [2.75, 3.05) is 0 Å². The molecule has 3 rings (SSSR count). The van der Waals surface area contributed by atoms with E-state index in [1.54, 1.807) is 23.5 Å². The quantitative estimate of drug-likeness (QED) is 0.743. The number of benzene rings is 2. The van der Waals surface area contributed by atoms with Gasteiger partial charge in [0.25, 0.3) is 0 Å². The van der Waals surface area contributed by atoms with Crippen molar-refractivity contribution < 1.29 is 9.18 Å². The van der Waals surface area contributed by atoms with Gasteiger partial charge in [-0.15, -0.1) is 11.3 Å². The molecule has 2 aromatic carbocycles. The van der Waals surface area contributed by atoms with E-state index in [4.69, 9.17) is 0 Å². The van der Waals surface area contributed by atoms with E-state index in [-0.39, 0.29) is 18.1 Å². The van der Waals surface area contributed by atoms with Crippen LogP contribution in [0, 0.1) is 5.82 Å². The summed E-state index contributed by atoms with van der Waals surface area (Å²) in [7, 11) is 0. The third kappa shape index (κ3) is 4.73. The molecular weight excluding hydrogens is 323 g/mol. The van der Waals surface area contributed by atoms with Crippen molar-refractivity contribution in [1.82, 2.24) is 10.3 Å². The number of carbonyl (C=O) groups is 1. The Balaban J connectivity index is 1.50. The zero-order valence-corrected chi connectivity index (χ0v) is 13.9. The summed E-state index contributed by atoms with van der Waals surface area (Å²) in [6.07, 6.45) is 2.95. The van der Waals surface area contributed by atoms with Gasteiger partial charge in [-0.25, -0.2) is 9.37 Å². The SMILES string of the molecule is O=C(Cc1ccc(F)cc1)NCc1ncc(Cc2ccccc2)s1. The summed E-state index contributed by atoms with van der Waals surface area (Å²) in [5, 5.41) is 3.74. The van der Waals surface area contributed by atoms with Gasteiger partial charge in [0, 0.05) is 17.5 Å². The summed E-state index contributed by atoms with van der Waals surface area (Å²) in [4.78, 5) is 17.5. The first-order valence-corrected chi connectivity index (χ1v) is 8.49. The molecule has 0 spiro atoms. The molecule has 0 aliphatic rings. The molecule has 0 radical (unpaired) electrons. The van der Waals surface area contributed by atoms with Crippen LogP contribution < -0.4 is 5.32 Å². The molecule has 0 aliphatic carbocycles. The number of nitrogens with zero attached hydrogens (tertiary/aromatic N) is 1. The van der Waals surface area contributed by atoms with Crippen LogP contribution in [0.15, 0.2) is 60.8 Å². The summed E-state index contributed by atoms with van der Waals surface area (Å²) in [6.45, 7) is 0.416. The Bertz CT molecular complexity index is 800. The lowest BCUT2D eigenvalue weighted by atomic mass is 10.1. The maximum Gasteiger partial charge on any atom is 0.224 e. The Morgan fingerprint density at radius 1 is 1.04 bits per heavy atom. The van der Waals surface area contributed by atoms with Crippen molar-refractivity contribution in [3.63, 3.8) is 0 Å². The van der Waals surface area contributed by atoms with E-state index in [0.29, 0.717) is 6.54 Å². The topological polar surface area (TPSA) is 42.0 Å². The smallest absolute Gasteiger partial charge is 0.224 e. The fourth-order valence-corrected chi connectivity index (χ4v) is 3.23. The minimum atomic E-state index is -0.298. The number of amides is 1. The van der Waals surface area contributed by atoms with Gasteiger partial charge in [0.1, 0.15) is 10.8 Å². The van der Waals surface area contributed by atoms with E-state index in [2.05, 4.69) is 22.4 Å². The number of nitrogens with one attached hydrogen (secondary N) is 1. The highest BCUT2D eigenvalue weighted by Gasteiger charge is 2.07. The van der Waals surface area contributed by atoms with E-state index < -0.39 is 0 Å². The Morgan fingerprint density at radius 2 is 1.79 bits per heavy atom. The molecule has 1 N–H and O–H groups in total. The molecule has 0 unspecified atom stereocenters. The first-order valence-electron chi connectivity index (χ1n) is 7.68. The average Bonchev–Trinajstić information content (AvgIpc) is 3.03. The molecule has 122 valence electrons. The first kappa shape index (κ1) is 16.3. The standard InChI is InChI=1S/C19H17FN2OS/c20-16-8-6-15(7-9-16)11-18(23)21-13-19-22-12-17(24-19)10-14-4-2-1-3-5-14/h1-9,12H,10-11,13H2,(H,21,23). The maximum absolute atomic E-state index is 12.8. The molecule has 1 amide bonds. The van der Waals surface area contributed by atoms with Crippen LogP contribution in [0.4, 0.5) is 4.39 Å². The van der Waals surface area contributed by atoms with Gasteiger partial charge in [-0.1, -0.05) is 42.5 Å². The van der Waals surface area contributed by atoms with Crippen LogP contribution in [-0.4, -0.2) is 10.9 Å². The summed E-state index contributed by atoms with van der Waals surface area (Å²) in [5.74, 6) is -0.394. The summed E-state index contributed by atoms with van der Waals surface area (Å²) < 4.78 is 12.8. The molecule has 1 heterocycles. The van der Waals surface area contributed by atoms with Crippen LogP contribution >= 0.6 is 11.3 Å². The Labute approximate surface area is 144 Å². The van der Waals surface area contributed by atoms with Crippen molar-refractivity contribution in [3.05, 3.63) is 87.6 Å². The minimum absolute atomic E-state index is 0.0959. The monoisotopic (exact) mass is 340 g/mol. The van der Waals surface area contributed by atoms with E-state index in [1.165, 1.54) is 22.6 Å². The van der Waals surface area contributed by atoms with Crippen LogP contribution in [0.1, 0.15) is 21.0 Å². The summed E-state index contributed by atoms with van der Waals surface area (Å²) in [5.41, 5.74) is 2.03. The van der Waals surface area contributed by atoms with Crippen molar-refractivity contribution in [1.29, 1.82) is 0 Å². The highest BCUT2D eigenvalue weighted by atomic mass is 32.1. The number of halogens is 1. The lowest BCUT2D eigenvalue weighted by Gasteiger charge is -2.03. The molecule has 0 fully saturated rings. The number of carbonyl (C=O) groups excluding carboxylic acids is 1. The first-order chi connectivity index (χ1) is 11.7. The van der Waals surface area contributed by atoms with Crippen LogP contribution in [-0.2, 0) is 24.2 Å². The highest BCUT2D eigenvalue weighted by molar-refractivity contribution is 7.11. The van der Waals surface area contributed by atoms with Crippen LogP contribution in [0.5, 0.6) is 0 Å².